The van der Waals surface area contributed by atoms with Crippen LogP contribution in [0.25, 0.3) is 10.8 Å². The minimum atomic E-state index is -0.490. The highest BCUT2D eigenvalue weighted by molar-refractivity contribution is 6.44. The molecule has 0 atom stereocenters. The molecule has 2 aliphatic heterocycles. The molecule has 0 bridgehead atoms. The van der Waals surface area contributed by atoms with E-state index in [0.717, 1.165) is 51.4 Å². The van der Waals surface area contributed by atoms with Gasteiger partial charge in [-0.15, -0.1) is 0 Å². The molecule has 8 heteroatoms. The fourth-order valence-corrected chi connectivity index (χ4v) is 6.15. The van der Waals surface area contributed by atoms with Crippen LogP contribution in [0.3, 0.4) is 0 Å². The number of halogens is 2. The number of hydrogen-bond donors (Lipinski definition) is 0. The van der Waals surface area contributed by atoms with Gasteiger partial charge in [-0.25, -0.2) is 0 Å². The van der Waals surface area contributed by atoms with Crippen molar-refractivity contribution in [2.24, 2.45) is 0 Å². The molecule has 4 rings (SSSR count). The summed E-state index contributed by atoms with van der Waals surface area (Å²) < 4.78 is 0. The standard InChI is InChI=1S/C30H36Cl2N2O4/c1-3-5-7-9-11-13-15-33-27(35)19-17-22(32)26-24-20(18-21(31)25(23(19)24)29(33)37)28(36)34(30(26)38)16-14-12-10-8-6-4-2/h17-18H,3-16H2,1-2H3. The Labute approximate surface area is 234 Å². The van der Waals surface area contributed by atoms with Crippen molar-refractivity contribution in [3.63, 3.8) is 0 Å². The number of unbranched alkanes of at least 4 members (excludes halogenated alkanes) is 10. The Morgan fingerprint density at radius 2 is 0.868 bits per heavy atom. The molecule has 6 nitrogen and oxygen atoms in total. The lowest BCUT2D eigenvalue weighted by molar-refractivity contribution is 0.0586. The molecule has 2 aromatic rings. The van der Waals surface area contributed by atoms with Gasteiger partial charge < -0.3 is 0 Å². The second kappa shape index (κ2) is 12.6. The van der Waals surface area contributed by atoms with Gasteiger partial charge in [-0.1, -0.05) is 101 Å². The van der Waals surface area contributed by atoms with Gasteiger partial charge in [0, 0.05) is 23.9 Å². The molecule has 0 aromatic heterocycles. The third-order valence-corrected chi connectivity index (χ3v) is 8.24. The SMILES string of the molecule is CCCCCCCCN1C(=O)c2cc(Cl)c3c4c(cc(Cl)c(c24)C1=O)C(=O)N(CCCCCCCC)C3=O. The number of imide groups is 2. The van der Waals surface area contributed by atoms with Crippen molar-refractivity contribution < 1.29 is 19.2 Å². The fraction of sp³-hybridized carbons (Fsp3) is 0.533. The van der Waals surface area contributed by atoms with Gasteiger partial charge in [0.1, 0.15) is 0 Å². The van der Waals surface area contributed by atoms with Gasteiger partial charge in [-0.05, 0) is 25.0 Å². The van der Waals surface area contributed by atoms with E-state index in [1.54, 1.807) is 0 Å². The number of rotatable bonds is 14. The summed E-state index contributed by atoms with van der Waals surface area (Å²) in [7, 11) is 0. The summed E-state index contributed by atoms with van der Waals surface area (Å²) in [5.74, 6) is -1.91. The Balaban J connectivity index is 1.64. The van der Waals surface area contributed by atoms with Crippen molar-refractivity contribution >= 4 is 57.6 Å². The highest BCUT2D eigenvalue weighted by atomic mass is 35.5. The normalized spacial score (nSPS) is 14.8. The Bertz CT molecular complexity index is 1180. The number of carbonyl (C=O) groups is 4. The van der Waals surface area contributed by atoms with E-state index in [2.05, 4.69) is 13.8 Å². The molecule has 204 valence electrons. The van der Waals surface area contributed by atoms with E-state index >= 15 is 0 Å². The van der Waals surface area contributed by atoms with Crippen LogP contribution >= 0.6 is 23.2 Å². The predicted molar refractivity (Wildman–Crippen MR) is 151 cm³/mol. The highest BCUT2D eigenvalue weighted by Crippen LogP contribution is 2.43. The zero-order valence-electron chi connectivity index (χ0n) is 22.3. The summed E-state index contributed by atoms with van der Waals surface area (Å²) in [4.78, 5) is 56.4. The monoisotopic (exact) mass is 558 g/mol. The van der Waals surface area contributed by atoms with Crippen molar-refractivity contribution in [1.82, 2.24) is 9.80 Å². The highest BCUT2D eigenvalue weighted by Gasteiger charge is 2.42. The molecule has 2 aliphatic rings. The van der Waals surface area contributed by atoms with Crippen LogP contribution in [0.15, 0.2) is 12.1 Å². The van der Waals surface area contributed by atoms with Crippen LogP contribution in [0.5, 0.6) is 0 Å². The van der Waals surface area contributed by atoms with Gasteiger partial charge in [0.15, 0.2) is 0 Å². The first-order chi connectivity index (χ1) is 18.3. The fourth-order valence-electron chi connectivity index (χ4n) is 5.58. The molecule has 38 heavy (non-hydrogen) atoms. The smallest absolute Gasteiger partial charge is 0.262 e. The van der Waals surface area contributed by atoms with E-state index in [-0.39, 0.29) is 56.2 Å². The molecule has 0 spiro atoms. The zero-order chi connectivity index (χ0) is 27.4. The van der Waals surface area contributed by atoms with E-state index in [1.165, 1.54) is 34.8 Å². The lowest BCUT2D eigenvalue weighted by Gasteiger charge is -2.33. The van der Waals surface area contributed by atoms with E-state index in [9.17, 15) is 19.2 Å². The maximum atomic E-state index is 13.5. The third kappa shape index (κ3) is 5.35. The van der Waals surface area contributed by atoms with E-state index in [0.29, 0.717) is 12.8 Å². The molecular formula is C30H36Cl2N2O4. The van der Waals surface area contributed by atoms with Gasteiger partial charge in [-0.2, -0.15) is 0 Å². The average Bonchev–Trinajstić information content (AvgIpc) is 2.89. The molecule has 0 radical (unpaired) electrons. The van der Waals surface area contributed by atoms with Crippen molar-refractivity contribution in [3.8, 4) is 0 Å². The van der Waals surface area contributed by atoms with Crippen LogP contribution in [0.2, 0.25) is 10.0 Å². The largest absolute Gasteiger partial charge is 0.274 e. The number of hydrogen-bond acceptors (Lipinski definition) is 4. The van der Waals surface area contributed by atoms with Crippen LogP contribution in [-0.2, 0) is 0 Å². The lowest BCUT2D eigenvalue weighted by Crippen LogP contribution is -2.44. The van der Waals surface area contributed by atoms with Crippen molar-refractivity contribution in [2.45, 2.75) is 90.9 Å². The van der Waals surface area contributed by atoms with Crippen molar-refractivity contribution in [2.75, 3.05) is 13.1 Å². The molecule has 0 saturated carbocycles. The summed E-state index contributed by atoms with van der Waals surface area (Å²) in [5.41, 5.74) is 0.744. The van der Waals surface area contributed by atoms with E-state index in [4.69, 9.17) is 23.2 Å². The van der Waals surface area contributed by atoms with Crippen LogP contribution < -0.4 is 0 Å². The Morgan fingerprint density at radius 3 is 1.24 bits per heavy atom. The minimum Gasteiger partial charge on any atom is -0.274 e. The van der Waals surface area contributed by atoms with E-state index in [1.807, 2.05) is 0 Å². The van der Waals surface area contributed by atoms with Gasteiger partial charge in [0.25, 0.3) is 23.6 Å². The number of carbonyl (C=O) groups excluding carboxylic acids is 4. The molecule has 0 N–H and O–H groups in total. The van der Waals surface area contributed by atoms with Crippen LogP contribution in [-0.4, -0.2) is 46.5 Å². The zero-order valence-corrected chi connectivity index (χ0v) is 23.8. The van der Waals surface area contributed by atoms with Crippen LogP contribution in [0, 0.1) is 0 Å². The molecule has 2 heterocycles. The summed E-state index contributed by atoms with van der Waals surface area (Å²) >= 11 is 13.2. The Morgan fingerprint density at radius 1 is 0.526 bits per heavy atom. The summed E-state index contributed by atoms with van der Waals surface area (Å²) in [6, 6.07) is 2.92. The average molecular weight is 560 g/mol. The Hall–Kier alpha value is -2.44. The minimum absolute atomic E-state index is 0.106. The number of nitrogens with zero attached hydrogens (tertiary/aromatic N) is 2. The summed E-state index contributed by atoms with van der Waals surface area (Å²) in [6.07, 6.45) is 12.2. The lowest BCUT2D eigenvalue weighted by atomic mass is 9.85. The summed E-state index contributed by atoms with van der Waals surface area (Å²) in [6.45, 7) is 4.88. The molecule has 4 amide bonds. The maximum absolute atomic E-state index is 13.5. The van der Waals surface area contributed by atoms with Gasteiger partial charge in [-0.3, -0.25) is 29.0 Å². The molecular weight excluding hydrogens is 523 g/mol. The molecule has 0 saturated heterocycles. The second-order valence-corrected chi connectivity index (χ2v) is 11.2. The Kier molecular flexibility index (Phi) is 9.48. The molecule has 2 aromatic carbocycles. The predicted octanol–water partition coefficient (Wildman–Crippen LogP) is 8.06. The van der Waals surface area contributed by atoms with Crippen molar-refractivity contribution in [1.29, 1.82) is 0 Å². The summed E-state index contributed by atoms with van der Waals surface area (Å²) in [5, 5.41) is 0.744. The quantitative estimate of drug-likeness (QED) is 0.173. The first-order valence-electron chi connectivity index (χ1n) is 14.0. The van der Waals surface area contributed by atoms with Crippen LogP contribution in [0.4, 0.5) is 0 Å². The van der Waals surface area contributed by atoms with Crippen LogP contribution in [0.1, 0.15) is 132 Å². The van der Waals surface area contributed by atoms with Gasteiger partial charge in [0.05, 0.1) is 32.3 Å². The number of benzene rings is 2. The van der Waals surface area contributed by atoms with Crippen molar-refractivity contribution in [3.05, 3.63) is 44.4 Å². The number of amides is 4. The third-order valence-electron chi connectivity index (χ3n) is 7.65. The molecule has 0 fully saturated rings. The molecule has 0 aliphatic carbocycles. The maximum Gasteiger partial charge on any atom is 0.262 e. The molecule has 0 unspecified atom stereocenters. The van der Waals surface area contributed by atoms with E-state index < -0.39 is 23.6 Å². The second-order valence-electron chi connectivity index (χ2n) is 10.4. The first kappa shape index (κ1) is 28.6. The van der Waals surface area contributed by atoms with Gasteiger partial charge in [0.2, 0.25) is 0 Å². The topological polar surface area (TPSA) is 74.8 Å². The van der Waals surface area contributed by atoms with Gasteiger partial charge >= 0.3 is 0 Å². The first-order valence-corrected chi connectivity index (χ1v) is 14.8.